The fraction of sp³-hybridized carbons (Fsp3) is 0.733. The first-order valence-corrected chi connectivity index (χ1v) is 9.24. The standard InChI is InChI=1S/C15H24N2O3S/c1-11-4-3-5-12(2)17(11)21(19,20)15-8-14(10-18)16(9-15)13-6-7-13/h8-9,11-13,18H,3-7,10H2,1-2H3/t11-,12+. The first-order valence-electron chi connectivity index (χ1n) is 7.80. The van der Waals surface area contributed by atoms with Crippen molar-refractivity contribution >= 4 is 10.0 Å². The van der Waals surface area contributed by atoms with E-state index >= 15 is 0 Å². The zero-order valence-electron chi connectivity index (χ0n) is 12.7. The predicted molar refractivity (Wildman–Crippen MR) is 80.4 cm³/mol. The van der Waals surface area contributed by atoms with Gasteiger partial charge < -0.3 is 9.67 Å². The average Bonchev–Trinajstić information content (AvgIpc) is 3.16. The zero-order valence-corrected chi connectivity index (χ0v) is 13.5. The monoisotopic (exact) mass is 312 g/mol. The van der Waals surface area contributed by atoms with E-state index in [1.807, 2.05) is 18.4 Å². The lowest BCUT2D eigenvalue weighted by atomic mass is 10.0. The summed E-state index contributed by atoms with van der Waals surface area (Å²) in [5.41, 5.74) is 0.702. The molecule has 0 spiro atoms. The summed E-state index contributed by atoms with van der Waals surface area (Å²) in [6.07, 6.45) is 6.76. The van der Waals surface area contributed by atoms with Crippen LogP contribution in [-0.2, 0) is 16.6 Å². The maximum Gasteiger partial charge on any atom is 0.245 e. The van der Waals surface area contributed by atoms with Gasteiger partial charge in [0.05, 0.1) is 6.61 Å². The van der Waals surface area contributed by atoms with E-state index in [9.17, 15) is 13.5 Å². The Morgan fingerprint density at radius 3 is 2.33 bits per heavy atom. The summed E-state index contributed by atoms with van der Waals surface area (Å²) >= 11 is 0. The van der Waals surface area contributed by atoms with Crippen molar-refractivity contribution in [3.05, 3.63) is 18.0 Å². The minimum absolute atomic E-state index is 0.0422. The van der Waals surface area contributed by atoms with Crippen molar-refractivity contribution in [3.63, 3.8) is 0 Å². The molecule has 1 aliphatic heterocycles. The van der Waals surface area contributed by atoms with Crippen molar-refractivity contribution in [2.75, 3.05) is 0 Å². The van der Waals surface area contributed by atoms with Gasteiger partial charge in [0.1, 0.15) is 4.90 Å². The summed E-state index contributed by atoms with van der Waals surface area (Å²) in [5, 5.41) is 9.46. The van der Waals surface area contributed by atoms with Gasteiger partial charge in [-0.05, 0) is 45.6 Å². The minimum Gasteiger partial charge on any atom is -0.390 e. The first kappa shape index (κ1) is 15.1. The molecule has 1 aromatic heterocycles. The molecule has 1 N–H and O–H groups in total. The molecule has 0 radical (unpaired) electrons. The lowest BCUT2D eigenvalue weighted by Gasteiger charge is -2.37. The molecule has 2 fully saturated rings. The Labute approximate surface area is 126 Å². The number of hydrogen-bond acceptors (Lipinski definition) is 3. The van der Waals surface area contributed by atoms with E-state index in [0.717, 1.165) is 32.1 Å². The second kappa shape index (κ2) is 5.41. The van der Waals surface area contributed by atoms with Gasteiger partial charge in [-0.2, -0.15) is 4.31 Å². The smallest absolute Gasteiger partial charge is 0.245 e. The quantitative estimate of drug-likeness (QED) is 0.927. The van der Waals surface area contributed by atoms with Crippen LogP contribution in [0.15, 0.2) is 17.2 Å². The Bertz CT molecular complexity index is 609. The molecule has 21 heavy (non-hydrogen) atoms. The Morgan fingerprint density at radius 1 is 1.19 bits per heavy atom. The molecule has 0 amide bonds. The highest BCUT2D eigenvalue weighted by atomic mass is 32.2. The van der Waals surface area contributed by atoms with Crippen LogP contribution >= 0.6 is 0 Å². The van der Waals surface area contributed by atoms with Gasteiger partial charge in [0.25, 0.3) is 0 Å². The van der Waals surface area contributed by atoms with Gasteiger partial charge in [-0.3, -0.25) is 0 Å². The molecule has 0 aromatic carbocycles. The van der Waals surface area contributed by atoms with Crippen molar-refractivity contribution < 1.29 is 13.5 Å². The van der Waals surface area contributed by atoms with Gasteiger partial charge in [0, 0.05) is 30.0 Å². The average molecular weight is 312 g/mol. The molecule has 2 heterocycles. The number of sulfonamides is 1. The molecule has 3 rings (SSSR count). The third-order valence-electron chi connectivity index (χ3n) is 4.70. The lowest BCUT2D eigenvalue weighted by Crippen LogP contribution is -2.47. The highest BCUT2D eigenvalue weighted by Gasteiger charge is 2.37. The van der Waals surface area contributed by atoms with Crippen LogP contribution in [0.25, 0.3) is 0 Å². The van der Waals surface area contributed by atoms with Gasteiger partial charge in [-0.15, -0.1) is 0 Å². The molecule has 5 nitrogen and oxygen atoms in total. The molecule has 1 saturated heterocycles. The van der Waals surface area contributed by atoms with Crippen LogP contribution in [0.3, 0.4) is 0 Å². The summed E-state index contributed by atoms with van der Waals surface area (Å²) < 4.78 is 29.5. The second-order valence-electron chi connectivity index (χ2n) is 6.43. The number of nitrogens with zero attached hydrogens (tertiary/aromatic N) is 2. The normalized spacial score (nSPS) is 28.0. The molecule has 2 aliphatic rings. The van der Waals surface area contributed by atoms with Crippen molar-refractivity contribution in [3.8, 4) is 0 Å². The Balaban J connectivity index is 1.97. The van der Waals surface area contributed by atoms with Gasteiger partial charge in [-0.1, -0.05) is 6.42 Å². The second-order valence-corrected chi connectivity index (χ2v) is 8.27. The number of piperidine rings is 1. The third kappa shape index (κ3) is 2.64. The molecule has 2 atom stereocenters. The van der Waals surface area contributed by atoms with Gasteiger partial charge in [0.2, 0.25) is 10.0 Å². The van der Waals surface area contributed by atoms with Gasteiger partial charge in [0.15, 0.2) is 0 Å². The fourth-order valence-corrected chi connectivity index (χ4v) is 5.38. The van der Waals surface area contributed by atoms with E-state index < -0.39 is 10.0 Å². The summed E-state index contributed by atoms with van der Waals surface area (Å²) in [6.45, 7) is 3.85. The van der Waals surface area contributed by atoms with Crippen molar-refractivity contribution in [2.45, 2.75) is 75.6 Å². The van der Waals surface area contributed by atoms with E-state index in [1.54, 1.807) is 16.6 Å². The summed E-state index contributed by atoms with van der Waals surface area (Å²) in [5.74, 6) is 0. The highest BCUT2D eigenvalue weighted by molar-refractivity contribution is 7.89. The molecule has 0 bridgehead atoms. The Morgan fingerprint density at radius 2 is 1.81 bits per heavy atom. The maximum atomic E-state index is 13.0. The largest absolute Gasteiger partial charge is 0.390 e. The minimum atomic E-state index is -3.48. The number of hydrogen-bond donors (Lipinski definition) is 1. The number of aliphatic hydroxyl groups excluding tert-OH is 1. The molecule has 118 valence electrons. The molecule has 1 aromatic rings. The van der Waals surface area contributed by atoms with Crippen molar-refractivity contribution in [2.24, 2.45) is 0 Å². The number of aromatic nitrogens is 1. The van der Waals surface area contributed by atoms with Crippen molar-refractivity contribution in [1.82, 2.24) is 8.87 Å². The summed E-state index contributed by atoms with van der Waals surface area (Å²) in [7, 11) is -3.48. The van der Waals surface area contributed by atoms with E-state index in [1.165, 1.54) is 0 Å². The number of aliphatic hydroxyl groups is 1. The molecule has 1 saturated carbocycles. The third-order valence-corrected chi connectivity index (χ3v) is 6.79. The fourth-order valence-electron chi connectivity index (χ4n) is 3.45. The first-order chi connectivity index (χ1) is 9.95. The number of rotatable bonds is 4. The molecule has 1 aliphatic carbocycles. The van der Waals surface area contributed by atoms with Crippen LogP contribution in [-0.4, -0.2) is 34.5 Å². The van der Waals surface area contributed by atoms with E-state index in [-0.39, 0.29) is 18.7 Å². The SMILES string of the molecule is C[C@@H]1CCC[C@H](C)N1S(=O)(=O)c1cc(CO)n(C2CC2)c1. The maximum absolute atomic E-state index is 13.0. The highest BCUT2D eigenvalue weighted by Crippen LogP contribution is 2.38. The van der Waals surface area contributed by atoms with Crippen LogP contribution in [0, 0.1) is 0 Å². The summed E-state index contributed by atoms with van der Waals surface area (Å²) in [4.78, 5) is 0.332. The topological polar surface area (TPSA) is 62.5 Å². The van der Waals surface area contributed by atoms with Crippen LogP contribution in [0.1, 0.15) is 57.7 Å². The lowest BCUT2D eigenvalue weighted by molar-refractivity contribution is 0.204. The summed E-state index contributed by atoms with van der Waals surface area (Å²) in [6, 6.07) is 2.09. The van der Waals surface area contributed by atoms with Gasteiger partial charge in [-0.25, -0.2) is 8.42 Å². The van der Waals surface area contributed by atoms with E-state index in [4.69, 9.17) is 0 Å². The Kier molecular flexibility index (Phi) is 3.88. The van der Waals surface area contributed by atoms with Crippen LogP contribution < -0.4 is 0 Å². The Hall–Kier alpha value is -0.850. The van der Waals surface area contributed by atoms with Crippen LogP contribution in [0.2, 0.25) is 0 Å². The predicted octanol–water partition coefficient (Wildman–Crippen LogP) is 2.27. The van der Waals surface area contributed by atoms with Crippen LogP contribution in [0.4, 0.5) is 0 Å². The molecule has 6 heteroatoms. The zero-order chi connectivity index (χ0) is 15.2. The van der Waals surface area contributed by atoms with E-state index in [0.29, 0.717) is 16.6 Å². The van der Waals surface area contributed by atoms with E-state index in [2.05, 4.69) is 0 Å². The molecular formula is C15H24N2O3S. The van der Waals surface area contributed by atoms with Crippen LogP contribution in [0.5, 0.6) is 0 Å². The van der Waals surface area contributed by atoms with Gasteiger partial charge >= 0.3 is 0 Å². The molecule has 0 unspecified atom stereocenters. The van der Waals surface area contributed by atoms with Crippen molar-refractivity contribution in [1.29, 1.82) is 0 Å². The molecular weight excluding hydrogens is 288 g/mol.